The van der Waals surface area contributed by atoms with E-state index in [2.05, 4.69) is 82.3 Å². The Bertz CT molecular complexity index is 2100. The Morgan fingerprint density at radius 1 is 0.366 bits per heavy atom. The zero-order chi connectivity index (χ0) is 26.9. The predicted octanol–water partition coefficient (Wildman–Crippen LogP) is 10.3. The third kappa shape index (κ3) is 3.29. The lowest BCUT2D eigenvalue weighted by atomic mass is 10.1. The van der Waals surface area contributed by atoms with Gasteiger partial charge in [0.1, 0.15) is 0 Å². The fourth-order valence-corrected chi connectivity index (χ4v) is 6.00. The van der Waals surface area contributed by atoms with E-state index in [0.29, 0.717) is 5.75 Å². The fraction of sp³-hybridized carbons (Fsp3) is 0. The molecule has 7 aromatic rings. The Labute approximate surface area is 236 Å². The first-order chi connectivity index (χ1) is 20.3. The summed E-state index contributed by atoms with van der Waals surface area (Å²) in [4.78, 5) is 2.25. The zero-order valence-corrected chi connectivity index (χ0v) is 21.8. The van der Waals surface area contributed by atoms with Gasteiger partial charge in [0.05, 0.1) is 22.4 Å². The maximum Gasteiger partial charge on any atom is 0.172 e. The molecule has 5 nitrogen and oxygen atoms in total. The molecule has 0 N–H and O–H groups in total. The average molecular weight is 531 g/mol. The first-order valence-corrected chi connectivity index (χ1v) is 13.6. The van der Waals surface area contributed by atoms with Gasteiger partial charge in [0, 0.05) is 28.2 Å². The molecule has 194 valence electrons. The summed E-state index contributed by atoms with van der Waals surface area (Å²) in [6.45, 7) is 0. The first kappa shape index (κ1) is 22.2. The highest BCUT2D eigenvalue weighted by molar-refractivity contribution is 6.10. The minimum atomic E-state index is 0.707. The lowest BCUT2D eigenvalue weighted by molar-refractivity contribution is 0.360. The van der Waals surface area contributed by atoms with E-state index in [4.69, 9.17) is 14.2 Å². The highest BCUT2D eigenvalue weighted by atomic mass is 16.6. The second-order valence-corrected chi connectivity index (χ2v) is 10.2. The number of ether oxygens (including phenoxy) is 3. The van der Waals surface area contributed by atoms with Crippen molar-refractivity contribution in [1.82, 2.24) is 4.57 Å². The van der Waals surface area contributed by atoms with Crippen LogP contribution in [0.25, 0.3) is 27.5 Å². The summed E-state index contributed by atoms with van der Waals surface area (Å²) >= 11 is 0. The van der Waals surface area contributed by atoms with Crippen LogP contribution in [0.4, 0.5) is 17.1 Å². The van der Waals surface area contributed by atoms with Crippen molar-refractivity contribution in [2.24, 2.45) is 0 Å². The van der Waals surface area contributed by atoms with Crippen molar-refractivity contribution >= 4 is 38.9 Å². The molecule has 0 bridgehead atoms. The minimum absolute atomic E-state index is 0.707. The molecule has 6 aromatic carbocycles. The Balaban J connectivity index is 1.20. The van der Waals surface area contributed by atoms with Crippen LogP contribution in [0.3, 0.4) is 0 Å². The van der Waals surface area contributed by atoms with E-state index in [1.807, 2.05) is 60.7 Å². The van der Waals surface area contributed by atoms with Crippen molar-refractivity contribution < 1.29 is 14.2 Å². The lowest BCUT2D eigenvalue weighted by Crippen LogP contribution is -2.15. The molecule has 0 amide bonds. The zero-order valence-electron chi connectivity index (χ0n) is 21.8. The summed E-state index contributed by atoms with van der Waals surface area (Å²) in [5.74, 6) is 4.55. The Hall–Kier alpha value is -5.68. The summed E-state index contributed by atoms with van der Waals surface area (Å²) in [6, 6.07) is 45.4. The van der Waals surface area contributed by atoms with Crippen LogP contribution in [0.5, 0.6) is 34.5 Å². The topological polar surface area (TPSA) is 35.9 Å². The van der Waals surface area contributed by atoms with Crippen LogP contribution in [-0.4, -0.2) is 4.57 Å². The van der Waals surface area contributed by atoms with Gasteiger partial charge in [0.15, 0.2) is 34.5 Å². The smallest absolute Gasteiger partial charge is 0.172 e. The van der Waals surface area contributed by atoms with E-state index < -0.39 is 0 Å². The molecule has 2 aliphatic rings. The quantitative estimate of drug-likeness (QED) is 0.223. The third-order valence-corrected chi connectivity index (χ3v) is 7.83. The van der Waals surface area contributed by atoms with E-state index in [0.717, 1.165) is 73.3 Å². The Morgan fingerprint density at radius 3 is 1.56 bits per heavy atom. The minimum Gasteiger partial charge on any atom is -0.453 e. The molecule has 41 heavy (non-hydrogen) atoms. The van der Waals surface area contributed by atoms with Crippen LogP contribution in [-0.2, 0) is 0 Å². The van der Waals surface area contributed by atoms with E-state index in [-0.39, 0.29) is 0 Å². The number of hydrogen-bond acceptors (Lipinski definition) is 4. The van der Waals surface area contributed by atoms with Crippen molar-refractivity contribution in [3.63, 3.8) is 0 Å². The van der Waals surface area contributed by atoms with E-state index in [1.165, 1.54) is 0 Å². The van der Waals surface area contributed by atoms with Gasteiger partial charge in [-0.25, -0.2) is 0 Å². The van der Waals surface area contributed by atoms with Crippen LogP contribution in [0.1, 0.15) is 0 Å². The standard InChI is InChI=1S/C36H22N2O3/c1-2-10-27-25(9-1)26-21-35-36(41-34-16-8-7-15-33(34)40-35)22-30(26)37(27)23-17-19-24(20-18-23)38-28-11-3-5-13-31(28)39-32-14-6-4-12-29(32)38/h1-22H. The van der Waals surface area contributed by atoms with Gasteiger partial charge in [-0.3, -0.25) is 0 Å². The molecule has 5 heteroatoms. The molecule has 0 radical (unpaired) electrons. The SMILES string of the molecule is c1ccc2c(c1)Oc1cc3c4ccccc4n(-c4ccc(N5c6ccccc6Oc6ccccc65)cc4)c3cc1O2. The van der Waals surface area contributed by atoms with Crippen LogP contribution in [0.2, 0.25) is 0 Å². The summed E-state index contributed by atoms with van der Waals surface area (Å²) in [5.41, 5.74) is 6.33. The molecular weight excluding hydrogens is 508 g/mol. The highest BCUT2D eigenvalue weighted by Crippen LogP contribution is 2.51. The largest absolute Gasteiger partial charge is 0.453 e. The normalized spacial score (nSPS) is 12.9. The van der Waals surface area contributed by atoms with E-state index >= 15 is 0 Å². The summed E-state index contributed by atoms with van der Waals surface area (Å²) in [5, 5.41) is 2.27. The molecule has 2 aliphatic heterocycles. The number of fused-ring (bicyclic) bond motifs is 7. The summed E-state index contributed by atoms with van der Waals surface area (Å²) < 4.78 is 21.0. The number of anilines is 3. The van der Waals surface area contributed by atoms with E-state index in [1.54, 1.807) is 0 Å². The van der Waals surface area contributed by atoms with Gasteiger partial charge in [-0.05, 0) is 72.8 Å². The maximum atomic E-state index is 6.28. The summed E-state index contributed by atoms with van der Waals surface area (Å²) in [7, 11) is 0. The molecule has 0 fully saturated rings. The number of para-hydroxylation sites is 7. The molecule has 3 heterocycles. The monoisotopic (exact) mass is 530 g/mol. The third-order valence-electron chi connectivity index (χ3n) is 7.83. The molecular formula is C36H22N2O3. The van der Waals surface area contributed by atoms with Crippen molar-refractivity contribution in [3.8, 4) is 40.2 Å². The van der Waals surface area contributed by atoms with Crippen LogP contribution >= 0.6 is 0 Å². The van der Waals surface area contributed by atoms with Crippen LogP contribution in [0.15, 0.2) is 133 Å². The first-order valence-electron chi connectivity index (χ1n) is 13.6. The molecule has 0 unspecified atom stereocenters. The Morgan fingerprint density at radius 2 is 0.878 bits per heavy atom. The van der Waals surface area contributed by atoms with Gasteiger partial charge in [0.2, 0.25) is 0 Å². The number of hydrogen-bond donors (Lipinski definition) is 0. The average Bonchev–Trinajstić information content (AvgIpc) is 3.34. The van der Waals surface area contributed by atoms with Gasteiger partial charge < -0.3 is 23.7 Å². The number of nitrogens with zero attached hydrogens (tertiary/aromatic N) is 2. The molecule has 9 rings (SSSR count). The molecule has 0 saturated carbocycles. The second kappa shape index (κ2) is 8.41. The maximum absolute atomic E-state index is 6.28. The summed E-state index contributed by atoms with van der Waals surface area (Å²) in [6.07, 6.45) is 0. The molecule has 0 saturated heterocycles. The number of aromatic nitrogens is 1. The number of benzene rings is 6. The molecule has 0 aliphatic carbocycles. The van der Waals surface area contributed by atoms with Crippen molar-refractivity contribution in [1.29, 1.82) is 0 Å². The van der Waals surface area contributed by atoms with Gasteiger partial charge in [0.25, 0.3) is 0 Å². The predicted molar refractivity (Wildman–Crippen MR) is 162 cm³/mol. The van der Waals surface area contributed by atoms with Crippen LogP contribution < -0.4 is 19.1 Å². The highest BCUT2D eigenvalue weighted by Gasteiger charge is 2.26. The van der Waals surface area contributed by atoms with Crippen molar-refractivity contribution in [2.45, 2.75) is 0 Å². The fourth-order valence-electron chi connectivity index (χ4n) is 6.00. The second-order valence-electron chi connectivity index (χ2n) is 10.2. The van der Waals surface area contributed by atoms with Crippen LogP contribution in [0, 0.1) is 0 Å². The van der Waals surface area contributed by atoms with Gasteiger partial charge >= 0.3 is 0 Å². The number of rotatable bonds is 2. The molecule has 0 spiro atoms. The van der Waals surface area contributed by atoms with Crippen molar-refractivity contribution in [2.75, 3.05) is 4.90 Å². The molecule has 1 aromatic heterocycles. The Kier molecular flexibility index (Phi) is 4.55. The molecule has 0 atom stereocenters. The van der Waals surface area contributed by atoms with Gasteiger partial charge in [-0.1, -0.05) is 54.6 Å². The van der Waals surface area contributed by atoms with Gasteiger partial charge in [-0.15, -0.1) is 0 Å². The lowest BCUT2D eigenvalue weighted by Gasteiger charge is -2.32. The van der Waals surface area contributed by atoms with Crippen molar-refractivity contribution in [3.05, 3.63) is 133 Å². The van der Waals surface area contributed by atoms with E-state index in [9.17, 15) is 0 Å². The van der Waals surface area contributed by atoms with Gasteiger partial charge in [-0.2, -0.15) is 0 Å².